The summed E-state index contributed by atoms with van der Waals surface area (Å²) in [4.78, 5) is 67.0. The van der Waals surface area contributed by atoms with Crippen LogP contribution in [0.15, 0.2) is 66.2 Å². The maximum absolute atomic E-state index is 14.6. The number of thiazole rings is 1. The third-order valence-electron chi connectivity index (χ3n) is 12.6. The molecule has 0 spiro atoms. The van der Waals surface area contributed by atoms with Crippen LogP contribution in [0.4, 0.5) is 0 Å². The van der Waals surface area contributed by atoms with Crippen LogP contribution >= 0.6 is 11.3 Å². The second kappa shape index (κ2) is 23.9. The summed E-state index contributed by atoms with van der Waals surface area (Å²) in [7, 11) is 6.79. The van der Waals surface area contributed by atoms with E-state index in [2.05, 4.69) is 29.5 Å². The first kappa shape index (κ1) is 50.3. The van der Waals surface area contributed by atoms with Gasteiger partial charge < -0.3 is 35.0 Å². The van der Waals surface area contributed by atoms with Crippen molar-refractivity contribution < 1.29 is 33.8 Å². The van der Waals surface area contributed by atoms with Gasteiger partial charge >= 0.3 is 0 Å². The Hall–Kier alpha value is -4.37. The fraction of sp³-hybridized carbons (Fsp3) is 0.604. The number of hydrogen-bond donors (Lipinski definition) is 3. The Morgan fingerprint density at radius 1 is 0.903 bits per heavy atom. The van der Waals surface area contributed by atoms with Crippen molar-refractivity contribution in [3.05, 3.63) is 82.3 Å². The molecule has 0 unspecified atom stereocenters. The molecule has 1 aromatic heterocycles. The number of nitrogens with one attached hydrogen (secondary N) is 2. The van der Waals surface area contributed by atoms with Gasteiger partial charge in [-0.25, -0.2) is 4.98 Å². The molecule has 2 aromatic carbocycles. The molecule has 342 valence electrons. The van der Waals surface area contributed by atoms with Crippen molar-refractivity contribution in [3.8, 4) is 5.75 Å². The first-order valence-electron chi connectivity index (χ1n) is 22.2. The van der Waals surface area contributed by atoms with Gasteiger partial charge in [-0.3, -0.25) is 24.1 Å². The standard InChI is InChI=1S/C48H72N6O7S/c1-12-32(6)43(53(9)48(59)41(30(2)3)51-46(58)42(31(4)5)52(8)29-35-20-22-36(55)23-21-35)39(60-10)28-40(56)54-25-16-19-38(54)44(61-11)33(7)45(57)50-37(47-49-24-26-62-47)27-34-17-14-13-15-18-34/h13-15,17-18,20-24,26,30-33,37-39,41-44,55H,12,16,19,25,27-29H2,1-11H3,(H,50,57)(H,51,58)/t32-,33+,37-,38-,39-,41-,42-,43-,44+/m0/s1. The number of amides is 4. The van der Waals surface area contributed by atoms with Crippen LogP contribution in [0, 0.1) is 23.7 Å². The molecule has 9 atom stereocenters. The molecule has 3 aromatic rings. The molecule has 1 aliphatic heterocycles. The molecule has 1 fully saturated rings. The zero-order chi connectivity index (χ0) is 45.7. The highest BCUT2D eigenvalue weighted by molar-refractivity contribution is 7.09. The quantitative estimate of drug-likeness (QED) is 0.0974. The van der Waals surface area contributed by atoms with Gasteiger partial charge in [-0.1, -0.05) is 97.4 Å². The minimum Gasteiger partial charge on any atom is -0.508 e. The molecule has 62 heavy (non-hydrogen) atoms. The van der Waals surface area contributed by atoms with Crippen molar-refractivity contribution in [1.82, 2.24) is 30.3 Å². The van der Waals surface area contributed by atoms with Crippen LogP contribution in [0.1, 0.15) is 96.3 Å². The van der Waals surface area contributed by atoms with Crippen molar-refractivity contribution in [1.29, 1.82) is 0 Å². The van der Waals surface area contributed by atoms with Gasteiger partial charge in [0.05, 0.1) is 48.7 Å². The van der Waals surface area contributed by atoms with Crippen LogP contribution in [-0.2, 0) is 41.6 Å². The van der Waals surface area contributed by atoms with E-state index in [0.29, 0.717) is 25.9 Å². The minimum absolute atomic E-state index is 0.0238. The summed E-state index contributed by atoms with van der Waals surface area (Å²) in [6, 6.07) is 14.4. The summed E-state index contributed by atoms with van der Waals surface area (Å²) in [6.45, 7) is 14.8. The number of hydrogen-bond acceptors (Lipinski definition) is 10. The Kier molecular flexibility index (Phi) is 19.4. The monoisotopic (exact) mass is 877 g/mol. The van der Waals surface area contributed by atoms with Gasteiger partial charge in [-0.05, 0) is 67.3 Å². The van der Waals surface area contributed by atoms with E-state index in [1.165, 1.54) is 11.3 Å². The normalized spacial score (nSPS) is 18.2. The number of likely N-dealkylation sites (tertiary alicyclic amines) is 1. The Morgan fingerprint density at radius 2 is 1.58 bits per heavy atom. The van der Waals surface area contributed by atoms with Crippen molar-refractivity contribution in [2.45, 2.75) is 130 Å². The molecule has 4 rings (SSSR count). The number of nitrogens with zero attached hydrogens (tertiary/aromatic N) is 4. The lowest BCUT2D eigenvalue weighted by molar-refractivity contribution is -0.148. The third kappa shape index (κ3) is 13.1. The number of phenols is 1. The highest BCUT2D eigenvalue weighted by atomic mass is 32.1. The predicted octanol–water partition coefficient (Wildman–Crippen LogP) is 6.47. The molecular formula is C48H72N6O7S. The first-order valence-corrected chi connectivity index (χ1v) is 23.0. The second-order valence-electron chi connectivity index (χ2n) is 17.7. The third-order valence-corrected chi connectivity index (χ3v) is 13.5. The van der Waals surface area contributed by atoms with E-state index in [9.17, 15) is 24.3 Å². The smallest absolute Gasteiger partial charge is 0.245 e. The molecule has 2 heterocycles. The Balaban J connectivity index is 1.48. The van der Waals surface area contributed by atoms with E-state index in [0.717, 1.165) is 29.0 Å². The predicted molar refractivity (Wildman–Crippen MR) is 244 cm³/mol. The number of rotatable bonds is 23. The van der Waals surface area contributed by atoms with E-state index < -0.39 is 36.3 Å². The second-order valence-corrected chi connectivity index (χ2v) is 18.6. The number of carbonyl (C=O) groups excluding carboxylic acids is 4. The fourth-order valence-electron chi connectivity index (χ4n) is 9.04. The van der Waals surface area contributed by atoms with Gasteiger partial charge in [0.2, 0.25) is 23.6 Å². The summed E-state index contributed by atoms with van der Waals surface area (Å²) >= 11 is 1.50. The number of methoxy groups -OCH3 is 2. The molecule has 0 saturated carbocycles. The molecule has 0 aliphatic carbocycles. The van der Waals surface area contributed by atoms with E-state index in [-0.39, 0.29) is 65.6 Å². The lowest BCUT2D eigenvalue weighted by atomic mass is 9.89. The summed E-state index contributed by atoms with van der Waals surface area (Å²) in [5.74, 6) is -1.52. The fourth-order valence-corrected chi connectivity index (χ4v) is 9.73. The van der Waals surface area contributed by atoms with E-state index in [1.54, 1.807) is 44.5 Å². The Bertz CT molecular complexity index is 1850. The molecule has 4 amide bonds. The number of likely N-dealkylation sites (N-methyl/N-ethyl adjacent to an activating group) is 2. The van der Waals surface area contributed by atoms with Crippen LogP contribution in [0.2, 0.25) is 0 Å². The number of aromatic nitrogens is 1. The molecule has 3 N–H and O–H groups in total. The lowest BCUT2D eigenvalue weighted by Gasteiger charge is -2.41. The molecule has 0 radical (unpaired) electrons. The zero-order valence-corrected chi connectivity index (χ0v) is 39.6. The highest BCUT2D eigenvalue weighted by Crippen LogP contribution is 2.31. The van der Waals surface area contributed by atoms with Gasteiger partial charge in [0.25, 0.3) is 0 Å². The average molecular weight is 877 g/mol. The van der Waals surface area contributed by atoms with Crippen molar-refractivity contribution in [3.63, 3.8) is 0 Å². The number of aromatic hydroxyl groups is 1. The molecule has 0 bridgehead atoms. The molecule has 14 heteroatoms. The highest BCUT2D eigenvalue weighted by Gasteiger charge is 2.43. The maximum Gasteiger partial charge on any atom is 0.245 e. The largest absolute Gasteiger partial charge is 0.508 e. The number of carbonyl (C=O) groups is 4. The molecule has 13 nitrogen and oxygen atoms in total. The molecule has 1 saturated heterocycles. The number of ether oxygens (including phenoxy) is 2. The van der Waals surface area contributed by atoms with Crippen molar-refractivity contribution in [2.24, 2.45) is 23.7 Å². The van der Waals surface area contributed by atoms with Crippen LogP contribution in [0.3, 0.4) is 0 Å². The van der Waals surface area contributed by atoms with E-state index >= 15 is 0 Å². The van der Waals surface area contributed by atoms with Gasteiger partial charge in [0.15, 0.2) is 0 Å². The zero-order valence-electron chi connectivity index (χ0n) is 38.7. The Morgan fingerprint density at radius 3 is 2.15 bits per heavy atom. The molecule has 1 aliphatic rings. The summed E-state index contributed by atoms with van der Waals surface area (Å²) < 4.78 is 12.2. The topological polar surface area (TPSA) is 154 Å². The van der Waals surface area contributed by atoms with E-state index in [1.807, 2.05) is 99.3 Å². The lowest BCUT2D eigenvalue weighted by Crippen LogP contribution is -2.60. The van der Waals surface area contributed by atoms with Crippen LogP contribution in [0.5, 0.6) is 5.75 Å². The van der Waals surface area contributed by atoms with Crippen LogP contribution < -0.4 is 10.6 Å². The maximum atomic E-state index is 14.6. The van der Waals surface area contributed by atoms with Gasteiger partial charge in [0, 0.05) is 45.9 Å². The summed E-state index contributed by atoms with van der Waals surface area (Å²) in [5, 5.41) is 18.8. The average Bonchev–Trinajstić information content (AvgIpc) is 3.97. The van der Waals surface area contributed by atoms with Crippen molar-refractivity contribution in [2.75, 3.05) is 34.9 Å². The SMILES string of the molecule is CC[C@H](C)[C@@H]([C@H](CC(=O)N1CCC[C@H]1[C@H](OC)[C@@H](C)C(=O)N[C@@H](Cc1ccccc1)c1nccs1)OC)N(C)C(=O)[C@@H](NC(=O)[C@H](C(C)C)N(C)Cc1ccc(O)cc1)C(C)C. The molecular weight excluding hydrogens is 805 g/mol. The summed E-state index contributed by atoms with van der Waals surface area (Å²) in [6.07, 6.45) is 3.33. The number of benzene rings is 2. The van der Waals surface area contributed by atoms with E-state index in [4.69, 9.17) is 9.47 Å². The van der Waals surface area contributed by atoms with Gasteiger partial charge in [-0.2, -0.15) is 0 Å². The van der Waals surface area contributed by atoms with Gasteiger partial charge in [0.1, 0.15) is 16.8 Å². The minimum atomic E-state index is -0.823. The van der Waals surface area contributed by atoms with Gasteiger partial charge in [-0.15, -0.1) is 11.3 Å². The van der Waals surface area contributed by atoms with Crippen molar-refractivity contribution >= 4 is 35.0 Å². The Labute approximate surface area is 373 Å². The van der Waals surface area contributed by atoms with Crippen LogP contribution in [0.25, 0.3) is 0 Å². The van der Waals surface area contributed by atoms with Crippen LogP contribution in [-0.4, -0.2) is 120 Å². The number of phenolic OH excluding ortho intramolecular Hbond substituents is 1. The first-order chi connectivity index (χ1) is 29.5. The summed E-state index contributed by atoms with van der Waals surface area (Å²) in [5.41, 5.74) is 2.03.